The van der Waals surface area contributed by atoms with Gasteiger partial charge in [-0.25, -0.2) is 0 Å². The predicted octanol–water partition coefficient (Wildman–Crippen LogP) is 4.62. The first-order valence-electron chi connectivity index (χ1n) is 12.6. The van der Waals surface area contributed by atoms with Crippen molar-refractivity contribution < 1.29 is 28.4 Å². The zero-order valence-electron chi connectivity index (χ0n) is 22.0. The molecule has 0 saturated heterocycles. The van der Waals surface area contributed by atoms with E-state index in [1.165, 1.54) is 0 Å². The molecular formula is C30H34N4O6. The molecule has 4 aromatic rings. The summed E-state index contributed by atoms with van der Waals surface area (Å²) in [5, 5.41) is 0. The van der Waals surface area contributed by atoms with Crippen LogP contribution < -0.4 is 41.9 Å². The highest BCUT2D eigenvalue weighted by Gasteiger charge is 2.17. The van der Waals surface area contributed by atoms with Gasteiger partial charge in [0.2, 0.25) is 6.79 Å². The zero-order valence-corrected chi connectivity index (χ0v) is 22.0. The second kappa shape index (κ2) is 14.4. The first-order chi connectivity index (χ1) is 19.5. The summed E-state index contributed by atoms with van der Waals surface area (Å²) < 4.78 is 34.6. The van der Waals surface area contributed by atoms with Gasteiger partial charge < -0.3 is 51.4 Å². The van der Waals surface area contributed by atoms with Crippen molar-refractivity contribution in [3.63, 3.8) is 0 Å². The van der Waals surface area contributed by atoms with Crippen molar-refractivity contribution in [2.75, 3.05) is 56.3 Å². The molecule has 0 amide bonds. The van der Waals surface area contributed by atoms with Gasteiger partial charge in [-0.1, -0.05) is 18.2 Å². The molecule has 4 aromatic carbocycles. The summed E-state index contributed by atoms with van der Waals surface area (Å²) in [7, 11) is 0. The highest BCUT2D eigenvalue weighted by molar-refractivity contribution is 5.55. The maximum atomic E-state index is 6.22. The van der Waals surface area contributed by atoms with E-state index in [0.29, 0.717) is 53.2 Å². The largest absolute Gasteiger partial charge is 0.491 e. The van der Waals surface area contributed by atoms with Crippen molar-refractivity contribution in [2.45, 2.75) is 6.10 Å². The number of benzene rings is 4. The van der Waals surface area contributed by atoms with Crippen LogP contribution >= 0.6 is 0 Å². The molecule has 0 aliphatic rings. The number of para-hydroxylation sites is 2. The van der Waals surface area contributed by atoms with Crippen LogP contribution in [0.4, 0.5) is 22.7 Å². The predicted molar refractivity (Wildman–Crippen MR) is 155 cm³/mol. The van der Waals surface area contributed by atoms with E-state index in [1.807, 2.05) is 18.2 Å². The van der Waals surface area contributed by atoms with E-state index >= 15 is 0 Å². The quantitative estimate of drug-likeness (QED) is 0.0941. The van der Waals surface area contributed by atoms with Crippen LogP contribution in [0, 0.1) is 0 Å². The second-order valence-electron chi connectivity index (χ2n) is 8.73. The second-order valence-corrected chi connectivity index (χ2v) is 8.73. The fourth-order valence-corrected chi connectivity index (χ4v) is 3.61. The van der Waals surface area contributed by atoms with Crippen LogP contribution in [0.5, 0.6) is 23.0 Å². The third-order valence-corrected chi connectivity index (χ3v) is 5.73. The Morgan fingerprint density at radius 1 is 0.550 bits per heavy atom. The Morgan fingerprint density at radius 3 is 1.93 bits per heavy atom. The lowest BCUT2D eigenvalue weighted by Crippen LogP contribution is -2.17. The van der Waals surface area contributed by atoms with E-state index in [0.717, 1.165) is 11.3 Å². The monoisotopic (exact) mass is 546 g/mol. The first-order valence-corrected chi connectivity index (χ1v) is 12.6. The Balaban J connectivity index is 1.33. The van der Waals surface area contributed by atoms with Crippen LogP contribution in [-0.2, 0) is 9.47 Å². The van der Waals surface area contributed by atoms with E-state index in [9.17, 15) is 0 Å². The van der Waals surface area contributed by atoms with E-state index in [4.69, 9.17) is 51.4 Å². The minimum absolute atomic E-state index is 0.0529. The molecule has 40 heavy (non-hydrogen) atoms. The van der Waals surface area contributed by atoms with Crippen LogP contribution in [0.2, 0.25) is 0 Å². The van der Waals surface area contributed by atoms with E-state index in [-0.39, 0.29) is 20.2 Å². The summed E-state index contributed by atoms with van der Waals surface area (Å²) in [4.78, 5) is 0. The van der Waals surface area contributed by atoms with Gasteiger partial charge in [-0.2, -0.15) is 0 Å². The molecule has 1 atom stereocenters. The van der Waals surface area contributed by atoms with Crippen molar-refractivity contribution in [2.24, 2.45) is 0 Å². The Kier molecular flexibility index (Phi) is 10.1. The standard InChI is InChI=1S/C30H34N4O6/c31-22-6-10-24(11-7-22)37-16-15-35-19-36-18-30(40-25-12-8-23(32)9-13-25)21-5-14-27(34)29(17-21)39-20-38-28-4-2-1-3-26(28)33/h1-14,17,30H,15-16,18-20,31-34H2. The molecule has 0 bridgehead atoms. The van der Waals surface area contributed by atoms with E-state index in [1.54, 1.807) is 72.8 Å². The summed E-state index contributed by atoms with van der Waals surface area (Å²) in [5.41, 5.74) is 26.7. The Labute approximate surface area is 233 Å². The molecule has 0 fully saturated rings. The average Bonchev–Trinajstić information content (AvgIpc) is 2.96. The summed E-state index contributed by atoms with van der Waals surface area (Å²) in [6.45, 7) is 0.892. The van der Waals surface area contributed by atoms with Crippen LogP contribution in [0.1, 0.15) is 11.7 Å². The molecule has 0 heterocycles. The van der Waals surface area contributed by atoms with Gasteiger partial charge in [-0.05, 0) is 78.4 Å². The minimum atomic E-state index is -0.494. The van der Waals surface area contributed by atoms with Crippen LogP contribution in [0.15, 0.2) is 91.0 Å². The van der Waals surface area contributed by atoms with Crippen LogP contribution in [0.3, 0.4) is 0 Å². The molecule has 0 radical (unpaired) electrons. The normalized spacial score (nSPS) is 11.5. The van der Waals surface area contributed by atoms with Gasteiger partial charge in [0.15, 0.2) is 0 Å². The van der Waals surface area contributed by atoms with Crippen LogP contribution in [0.25, 0.3) is 0 Å². The lowest BCUT2D eigenvalue weighted by atomic mass is 10.1. The molecule has 10 nitrogen and oxygen atoms in total. The summed E-state index contributed by atoms with van der Waals surface area (Å²) in [5.74, 6) is 2.31. The topological polar surface area (TPSA) is 159 Å². The summed E-state index contributed by atoms with van der Waals surface area (Å²) in [6, 6.07) is 26.8. The smallest absolute Gasteiger partial charge is 0.231 e. The number of rotatable bonds is 15. The average molecular weight is 547 g/mol. The lowest BCUT2D eigenvalue weighted by molar-refractivity contribution is -0.0801. The number of hydrogen-bond donors (Lipinski definition) is 4. The lowest BCUT2D eigenvalue weighted by Gasteiger charge is -2.21. The Morgan fingerprint density at radius 2 is 1.20 bits per heavy atom. The number of nitrogens with two attached hydrogens (primary N) is 4. The Hall–Kier alpha value is -4.80. The molecule has 8 N–H and O–H groups in total. The van der Waals surface area contributed by atoms with Gasteiger partial charge in [-0.15, -0.1) is 0 Å². The summed E-state index contributed by atoms with van der Waals surface area (Å²) >= 11 is 0. The molecule has 4 rings (SSSR count). The van der Waals surface area contributed by atoms with Gasteiger partial charge in [-0.3, -0.25) is 0 Å². The van der Waals surface area contributed by atoms with Crippen LogP contribution in [-0.4, -0.2) is 33.4 Å². The van der Waals surface area contributed by atoms with Crippen molar-refractivity contribution >= 4 is 22.7 Å². The maximum Gasteiger partial charge on any atom is 0.231 e. The molecule has 0 aliphatic heterocycles. The van der Waals surface area contributed by atoms with Gasteiger partial charge in [0, 0.05) is 11.4 Å². The van der Waals surface area contributed by atoms with Crippen molar-refractivity contribution in [1.29, 1.82) is 0 Å². The van der Waals surface area contributed by atoms with Crippen molar-refractivity contribution in [1.82, 2.24) is 0 Å². The number of nitrogen functional groups attached to an aromatic ring is 4. The molecule has 0 aliphatic carbocycles. The summed E-state index contributed by atoms with van der Waals surface area (Å²) in [6.07, 6.45) is -0.494. The van der Waals surface area contributed by atoms with Crippen molar-refractivity contribution in [3.8, 4) is 23.0 Å². The number of anilines is 4. The van der Waals surface area contributed by atoms with Gasteiger partial charge in [0.1, 0.15) is 42.5 Å². The number of ether oxygens (including phenoxy) is 6. The SMILES string of the molecule is Nc1ccc(OCCOCOCC(Oc2ccc(N)cc2)c2ccc(N)c(OCOc3ccccc3N)c2)cc1. The van der Waals surface area contributed by atoms with Gasteiger partial charge >= 0.3 is 0 Å². The highest BCUT2D eigenvalue weighted by Crippen LogP contribution is 2.30. The third-order valence-electron chi connectivity index (χ3n) is 5.73. The molecule has 210 valence electrons. The molecule has 1 unspecified atom stereocenters. The van der Waals surface area contributed by atoms with Crippen molar-refractivity contribution in [3.05, 3.63) is 96.6 Å². The van der Waals surface area contributed by atoms with E-state index < -0.39 is 6.10 Å². The fourth-order valence-electron chi connectivity index (χ4n) is 3.61. The third kappa shape index (κ3) is 8.62. The first kappa shape index (κ1) is 28.2. The minimum Gasteiger partial charge on any atom is -0.491 e. The molecule has 10 heteroatoms. The van der Waals surface area contributed by atoms with E-state index in [2.05, 4.69) is 0 Å². The molecular weight excluding hydrogens is 512 g/mol. The zero-order chi connectivity index (χ0) is 28.2. The fraction of sp³-hybridized carbons (Fsp3) is 0.200. The maximum absolute atomic E-state index is 6.22. The molecule has 0 aromatic heterocycles. The molecule has 0 saturated carbocycles. The van der Waals surface area contributed by atoms with Gasteiger partial charge in [0.25, 0.3) is 0 Å². The highest BCUT2D eigenvalue weighted by atomic mass is 16.7. The molecule has 0 spiro atoms. The Bertz CT molecular complexity index is 1340. The number of hydrogen-bond acceptors (Lipinski definition) is 10. The van der Waals surface area contributed by atoms with Gasteiger partial charge in [0.05, 0.1) is 24.6 Å².